The molecule has 2 N–H and O–H groups in total. The summed E-state index contributed by atoms with van der Waals surface area (Å²) in [6, 6.07) is 14.2. The lowest BCUT2D eigenvalue weighted by Gasteiger charge is -2.27. The van der Waals surface area contributed by atoms with Gasteiger partial charge in [-0.1, -0.05) is 24.3 Å². The molecule has 0 amide bonds. The number of benzene rings is 2. The standard InChI is InChI=1S/C29H30N2O7S/c1-5-36-19-12-8-17(9-13-19)16-21-26(32)31-25(30)23(29(34)38-7-3)22(24(27(31)39-21)28(33)35-4)18-10-14-20(15-11-18)37-6-2/h8-16,22H,5-7,30H2,1-4H3/b21-16-/t22-/m1/s1. The molecule has 10 heteroatoms. The second-order valence-electron chi connectivity index (χ2n) is 8.42. The van der Waals surface area contributed by atoms with Gasteiger partial charge in [0.1, 0.15) is 22.0 Å². The van der Waals surface area contributed by atoms with E-state index in [2.05, 4.69) is 0 Å². The molecule has 1 aliphatic heterocycles. The van der Waals surface area contributed by atoms with Crippen molar-refractivity contribution in [3.8, 4) is 11.5 Å². The van der Waals surface area contributed by atoms with Gasteiger partial charge >= 0.3 is 11.9 Å². The average molecular weight is 551 g/mol. The molecule has 0 saturated carbocycles. The van der Waals surface area contributed by atoms with E-state index in [1.165, 1.54) is 11.7 Å². The Balaban J connectivity index is 2.01. The van der Waals surface area contributed by atoms with Crippen molar-refractivity contribution in [1.29, 1.82) is 0 Å². The van der Waals surface area contributed by atoms with Crippen LogP contribution in [-0.2, 0) is 19.1 Å². The minimum atomic E-state index is -0.927. The van der Waals surface area contributed by atoms with Crippen molar-refractivity contribution in [2.45, 2.75) is 26.7 Å². The average Bonchev–Trinajstić information content (AvgIpc) is 3.25. The first kappa shape index (κ1) is 27.7. The topological polar surface area (TPSA) is 119 Å². The molecule has 0 radical (unpaired) electrons. The van der Waals surface area contributed by atoms with E-state index in [1.54, 1.807) is 37.3 Å². The third-order valence-corrected chi connectivity index (χ3v) is 7.17. The van der Waals surface area contributed by atoms with Crippen LogP contribution in [0.3, 0.4) is 0 Å². The van der Waals surface area contributed by atoms with E-state index in [-0.39, 0.29) is 28.2 Å². The Hall–Kier alpha value is -4.31. The zero-order chi connectivity index (χ0) is 28.1. The molecule has 2 aromatic carbocycles. The maximum Gasteiger partial charge on any atom is 0.338 e. The summed E-state index contributed by atoms with van der Waals surface area (Å²) < 4.78 is 23.3. The molecule has 0 aliphatic carbocycles. The molecule has 4 rings (SSSR count). The van der Waals surface area contributed by atoms with Gasteiger partial charge in [-0.3, -0.25) is 9.36 Å². The molecule has 2 heterocycles. The van der Waals surface area contributed by atoms with Gasteiger partial charge in [0.05, 0.1) is 48.5 Å². The number of nitrogens with zero attached hydrogens (tertiary/aromatic N) is 1. The van der Waals surface area contributed by atoms with Crippen LogP contribution in [0.2, 0.25) is 0 Å². The number of hydrogen-bond acceptors (Lipinski definition) is 9. The first-order chi connectivity index (χ1) is 18.8. The Morgan fingerprint density at radius 2 is 1.49 bits per heavy atom. The summed E-state index contributed by atoms with van der Waals surface area (Å²) in [5.74, 6) is -1.10. The summed E-state index contributed by atoms with van der Waals surface area (Å²) >= 11 is 1.10. The molecule has 3 aromatic rings. The zero-order valence-corrected chi connectivity index (χ0v) is 23.0. The van der Waals surface area contributed by atoms with Crippen LogP contribution in [0.15, 0.2) is 58.9 Å². The Labute approximate surface area is 229 Å². The van der Waals surface area contributed by atoms with Crippen LogP contribution in [0.25, 0.3) is 17.5 Å². The zero-order valence-electron chi connectivity index (χ0n) is 22.2. The van der Waals surface area contributed by atoms with Crippen LogP contribution in [0.4, 0.5) is 0 Å². The lowest BCUT2D eigenvalue weighted by molar-refractivity contribution is -0.138. The van der Waals surface area contributed by atoms with Gasteiger partial charge in [-0.15, -0.1) is 11.3 Å². The monoisotopic (exact) mass is 550 g/mol. The highest BCUT2D eigenvalue weighted by Crippen LogP contribution is 2.38. The van der Waals surface area contributed by atoms with Gasteiger partial charge in [0.2, 0.25) is 0 Å². The van der Waals surface area contributed by atoms with Crippen LogP contribution in [-0.4, -0.2) is 43.4 Å². The number of methoxy groups -OCH3 is 1. The predicted molar refractivity (Wildman–Crippen MR) is 149 cm³/mol. The van der Waals surface area contributed by atoms with Crippen molar-refractivity contribution in [1.82, 2.24) is 4.57 Å². The van der Waals surface area contributed by atoms with Gasteiger partial charge in [-0.25, -0.2) is 9.59 Å². The molecule has 0 spiro atoms. The van der Waals surface area contributed by atoms with Crippen LogP contribution >= 0.6 is 11.3 Å². The van der Waals surface area contributed by atoms with Gasteiger partial charge in [0.25, 0.3) is 5.56 Å². The summed E-state index contributed by atoms with van der Waals surface area (Å²) in [5, 5.41) is 0. The largest absolute Gasteiger partial charge is 0.494 e. The third kappa shape index (κ3) is 5.46. The van der Waals surface area contributed by atoms with E-state index >= 15 is 0 Å². The molecular weight excluding hydrogens is 520 g/mol. The molecule has 0 saturated heterocycles. The minimum absolute atomic E-state index is 0.0126. The smallest absolute Gasteiger partial charge is 0.338 e. The van der Waals surface area contributed by atoms with E-state index in [1.807, 2.05) is 38.1 Å². The fourth-order valence-corrected chi connectivity index (χ4v) is 5.56. The molecule has 1 aromatic heterocycles. The van der Waals surface area contributed by atoms with Crippen LogP contribution in [0, 0.1) is 0 Å². The molecular formula is C29H30N2O7S. The second-order valence-corrected chi connectivity index (χ2v) is 9.45. The fraction of sp³-hybridized carbons (Fsp3) is 0.276. The van der Waals surface area contributed by atoms with Gasteiger partial charge in [-0.2, -0.15) is 0 Å². The van der Waals surface area contributed by atoms with Crippen molar-refractivity contribution in [3.63, 3.8) is 0 Å². The Morgan fingerprint density at radius 3 is 2.03 bits per heavy atom. The normalized spacial score (nSPS) is 15.1. The number of thiazole rings is 1. The molecule has 0 unspecified atom stereocenters. The number of hydrogen-bond donors (Lipinski definition) is 1. The molecule has 39 heavy (non-hydrogen) atoms. The highest BCUT2D eigenvalue weighted by Gasteiger charge is 2.39. The minimum Gasteiger partial charge on any atom is -0.494 e. The van der Waals surface area contributed by atoms with Gasteiger partial charge < -0.3 is 24.7 Å². The van der Waals surface area contributed by atoms with E-state index in [9.17, 15) is 14.4 Å². The van der Waals surface area contributed by atoms with Crippen molar-refractivity contribution in [2.24, 2.45) is 5.73 Å². The first-order valence-electron chi connectivity index (χ1n) is 12.5. The lowest BCUT2D eigenvalue weighted by atomic mass is 9.83. The number of carbonyl (C=O) groups is 2. The highest BCUT2D eigenvalue weighted by molar-refractivity contribution is 7.07. The number of nitrogens with two attached hydrogens (primary N) is 1. The predicted octanol–water partition coefficient (Wildman–Crippen LogP) is 2.35. The fourth-order valence-electron chi connectivity index (χ4n) is 4.40. The Bertz CT molecular complexity index is 1580. The first-order valence-corrected chi connectivity index (χ1v) is 13.3. The highest BCUT2D eigenvalue weighted by atomic mass is 32.1. The summed E-state index contributed by atoms with van der Waals surface area (Å²) in [4.78, 5) is 40.1. The summed E-state index contributed by atoms with van der Waals surface area (Å²) in [6.07, 6.45) is 1.70. The number of esters is 2. The maximum absolute atomic E-state index is 13.6. The van der Waals surface area contributed by atoms with Gasteiger partial charge in [0, 0.05) is 0 Å². The van der Waals surface area contributed by atoms with E-state index in [0.29, 0.717) is 34.8 Å². The summed E-state index contributed by atoms with van der Waals surface area (Å²) in [5.41, 5.74) is 7.51. The van der Waals surface area contributed by atoms with Crippen LogP contribution in [0.1, 0.15) is 37.8 Å². The number of rotatable bonds is 9. The van der Waals surface area contributed by atoms with E-state index < -0.39 is 23.4 Å². The van der Waals surface area contributed by atoms with E-state index in [4.69, 9.17) is 24.7 Å². The summed E-state index contributed by atoms with van der Waals surface area (Å²) in [6.45, 7) is 6.55. The van der Waals surface area contributed by atoms with Gasteiger partial charge in [-0.05, 0) is 62.2 Å². The molecule has 9 nitrogen and oxygen atoms in total. The second kappa shape index (κ2) is 12.0. The molecule has 1 aliphatic rings. The Morgan fingerprint density at radius 1 is 0.897 bits per heavy atom. The quantitative estimate of drug-likeness (QED) is 0.404. The van der Waals surface area contributed by atoms with Crippen molar-refractivity contribution in [2.75, 3.05) is 26.9 Å². The Kier molecular flexibility index (Phi) is 8.55. The number of ether oxygens (including phenoxy) is 4. The number of aromatic nitrogens is 1. The lowest BCUT2D eigenvalue weighted by Crippen LogP contribution is -2.41. The third-order valence-electron chi connectivity index (χ3n) is 6.06. The molecule has 204 valence electrons. The van der Waals surface area contributed by atoms with Gasteiger partial charge in [0.15, 0.2) is 0 Å². The van der Waals surface area contributed by atoms with Crippen LogP contribution < -0.4 is 30.0 Å². The van der Waals surface area contributed by atoms with Crippen molar-refractivity contribution in [3.05, 3.63) is 84.8 Å². The number of carbonyl (C=O) groups excluding carboxylic acids is 2. The molecule has 0 fully saturated rings. The van der Waals surface area contributed by atoms with E-state index in [0.717, 1.165) is 16.9 Å². The van der Waals surface area contributed by atoms with Crippen LogP contribution in [0.5, 0.6) is 11.5 Å². The number of fused-ring (bicyclic) bond motifs is 1. The SMILES string of the molecule is CCOC(=O)C1=C(N)n2c(s/c(=C\c3ccc(OCC)cc3)c2=O)=C(C(=O)OC)[C@@H]1c1ccc(OCC)cc1. The van der Waals surface area contributed by atoms with Crippen molar-refractivity contribution >= 4 is 40.7 Å². The summed E-state index contributed by atoms with van der Waals surface area (Å²) in [7, 11) is 1.25. The van der Waals surface area contributed by atoms with Crippen molar-refractivity contribution < 1.29 is 28.5 Å². The molecule has 1 atom stereocenters. The maximum atomic E-state index is 13.6. The molecule has 0 bridgehead atoms.